The third-order valence-electron chi connectivity index (χ3n) is 4.84. The molecule has 1 amide bonds. The lowest BCUT2D eigenvalue weighted by Crippen LogP contribution is -2.40. The van der Waals surface area contributed by atoms with Crippen molar-refractivity contribution in [1.29, 1.82) is 0 Å². The van der Waals surface area contributed by atoms with Crippen LogP contribution >= 0.6 is 0 Å². The Bertz CT molecular complexity index is 541. The number of aromatic amines is 1. The third-order valence-corrected chi connectivity index (χ3v) is 4.84. The van der Waals surface area contributed by atoms with Crippen LogP contribution in [-0.4, -0.2) is 27.1 Å². The maximum Gasteiger partial charge on any atom is 0.319 e. The summed E-state index contributed by atoms with van der Waals surface area (Å²) in [5.74, 6) is 1.57. The van der Waals surface area contributed by atoms with E-state index in [9.17, 15) is 14.9 Å². The Kier molecular flexibility index (Phi) is 3.19. The van der Waals surface area contributed by atoms with Crippen molar-refractivity contribution in [2.45, 2.75) is 38.6 Å². The van der Waals surface area contributed by atoms with E-state index in [-0.39, 0.29) is 17.4 Å². The molecule has 4 unspecified atom stereocenters. The first kappa shape index (κ1) is 13.1. The van der Waals surface area contributed by atoms with Gasteiger partial charge in [0.1, 0.15) is 6.20 Å². The molecule has 0 radical (unpaired) electrons. The highest BCUT2D eigenvalue weighted by Gasteiger charge is 2.42. The topological polar surface area (TPSA) is 101 Å². The smallest absolute Gasteiger partial charge is 0.319 e. The first-order valence-electron chi connectivity index (χ1n) is 7.05. The van der Waals surface area contributed by atoms with Gasteiger partial charge < -0.3 is 5.32 Å². The molecule has 7 nitrogen and oxygen atoms in total. The molecule has 2 bridgehead atoms. The number of aromatic nitrogens is 2. The molecule has 3 rings (SSSR count). The van der Waals surface area contributed by atoms with Crippen molar-refractivity contribution in [3.8, 4) is 0 Å². The number of fused-ring (bicyclic) bond motifs is 2. The number of hydrogen-bond donors (Lipinski definition) is 2. The minimum Gasteiger partial charge on any atom is -0.348 e. The van der Waals surface area contributed by atoms with E-state index in [0.29, 0.717) is 11.8 Å². The van der Waals surface area contributed by atoms with E-state index in [4.69, 9.17) is 0 Å². The molecule has 2 fully saturated rings. The molecule has 0 aromatic carbocycles. The molecule has 1 aromatic rings. The molecule has 0 saturated heterocycles. The summed E-state index contributed by atoms with van der Waals surface area (Å²) in [7, 11) is 0. The van der Waals surface area contributed by atoms with Crippen molar-refractivity contribution >= 4 is 11.6 Å². The van der Waals surface area contributed by atoms with Crippen LogP contribution in [0.5, 0.6) is 0 Å². The van der Waals surface area contributed by atoms with E-state index in [1.807, 2.05) is 6.92 Å². The van der Waals surface area contributed by atoms with Gasteiger partial charge in [0.05, 0.1) is 4.92 Å². The number of rotatable bonds is 4. The van der Waals surface area contributed by atoms with Gasteiger partial charge in [-0.2, -0.15) is 5.10 Å². The van der Waals surface area contributed by atoms with Crippen LogP contribution in [0.4, 0.5) is 5.69 Å². The maximum absolute atomic E-state index is 12.1. The number of nitrogens with zero attached hydrogens (tertiary/aromatic N) is 2. The number of H-pyrrole nitrogens is 1. The van der Waals surface area contributed by atoms with E-state index >= 15 is 0 Å². The van der Waals surface area contributed by atoms with Gasteiger partial charge in [-0.3, -0.25) is 20.0 Å². The second-order valence-electron chi connectivity index (χ2n) is 5.99. The zero-order valence-electron chi connectivity index (χ0n) is 11.3. The molecule has 7 heteroatoms. The number of carbonyl (C=O) groups is 1. The van der Waals surface area contributed by atoms with Gasteiger partial charge >= 0.3 is 5.69 Å². The lowest BCUT2D eigenvalue weighted by molar-refractivity contribution is -0.385. The SMILES string of the molecule is CC(NC(=O)c1[nH]ncc1[N+](=O)[O-])C1CC2CCC1C2. The fraction of sp³-hybridized carbons (Fsp3) is 0.692. The number of amides is 1. The van der Waals surface area contributed by atoms with Crippen molar-refractivity contribution in [1.82, 2.24) is 15.5 Å². The van der Waals surface area contributed by atoms with E-state index in [0.717, 1.165) is 18.5 Å². The highest BCUT2D eigenvalue weighted by Crippen LogP contribution is 2.49. The molecule has 0 aliphatic heterocycles. The largest absolute Gasteiger partial charge is 0.348 e. The fourth-order valence-electron chi connectivity index (χ4n) is 3.88. The van der Waals surface area contributed by atoms with Gasteiger partial charge in [0.15, 0.2) is 0 Å². The summed E-state index contributed by atoms with van der Waals surface area (Å²) in [4.78, 5) is 22.3. The lowest BCUT2D eigenvalue weighted by atomic mass is 9.84. The van der Waals surface area contributed by atoms with Gasteiger partial charge in [-0.05, 0) is 43.9 Å². The molecule has 2 N–H and O–H groups in total. The summed E-state index contributed by atoms with van der Waals surface area (Å²) in [6, 6.07) is 0.0423. The quantitative estimate of drug-likeness (QED) is 0.648. The van der Waals surface area contributed by atoms with Crippen molar-refractivity contribution in [2.75, 3.05) is 0 Å². The van der Waals surface area contributed by atoms with Crippen LogP contribution in [0, 0.1) is 27.9 Å². The number of carbonyl (C=O) groups excluding carboxylic acids is 1. The molecule has 2 aliphatic carbocycles. The molecule has 0 spiro atoms. The third kappa shape index (κ3) is 2.17. The Balaban J connectivity index is 1.66. The number of hydrogen-bond acceptors (Lipinski definition) is 4. The average molecular weight is 278 g/mol. The molecule has 1 aromatic heterocycles. The summed E-state index contributed by atoms with van der Waals surface area (Å²) < 4.78 is 0. The Morgan fingerprint density at radius 1 is 1.55 bits per heavy atom. The lowest BCUT2D eigenvalue weighted by Gasteiger charge is -2.28. The summed E-state index contributed by atoms with van der Waals surface area (Å²) in [6.07, 6.45) is 6.07. The van der Waals surface area contributed by atoms with Crippen LogP contribution < -0.4 is 5.32 Å². The molecule has 20 heavy (non-hydrogen) atoms. The zero-order chi connectivity index (χ0) is 14.3. The Morgan fingerprint density at radius 3 is 2.95 bits per heavy atom. The molecule has 2 aliphatic rings. The fourth-order valence-corrected chi connectivity index (χ4v) is 3.88. The van der Waals surface area contributed by atoms with Crippen molar-refractivity contribution in [3.05, 3.63) is 22.0 Å². The van der Waals surface area contributed by atoms with Crippen molar-refractivity contribution in [3.63, 3.8) is 0 Å². The minimum absolute atomic E-state index is 0.0423. The molecular weight excluding hydrogens is 260 g/mol. The Morgan fingerprint density at radius 2 is 2.35 bits per heavy atom. The van der Waals surface area contributed by atoms with Crippen molar-refractivity contribution in [2.24, 2.45) is 17.8 Å². The average Bonchev–Trinajstić information content (AvgIpc) is 3.13. The first-order chi connectivity index (χ1) is 9.56. The highest BCUT2D eigenvalue weighted by molar-refractivity contribution is 5.96. The van der Waals surface area contributed by atoms with Gasteiger partial charge in [0.25, 0.3) is 5.91 Å². The van der Waals surface area contributed by atoms with Gasteiger partial charge in [-0.15, -0.1) is 0 Å². The molecular formula is C13H18N4O3. The van der Waals surface area contributed by atoms with E-state index in [1.165, 1.54) is 19.3 Å². The normalized spacial score (nSPS) is 29.4. The van der Waals surface area contributed by atoms with Crippen LogP contribution in [0.25, 0.3) is 0 Å². The van der Waals surface area contributed by atoms with Crippen LogP contribution in [0.2, 0.25) is 0 Å². The number of nitrogens with one attached hydrogen (secondary N) is 2. The Hall–Kier alpha value is -1.92. The standard InChI is InChI=1S/C13H18N4O3/c1-7(10-5-8-2-3-9(10)4-8)15-13(18)12-11(17(19)20)6-14-16-12/h6-10H,2-5H2,1H3,(H,14,16)(H,15,18). The summed E-state index contributed by atoms with van der Waals surface area (Å²) in [5.41, 5.74) is -0.340. The zero-order valence-corrected chi connectivity index (χ0v) is 11.3. The second kappa shape index (κ2) is 4.88. The highest BCUT2D eigenvalue weighted by atomic mass is 16.6. The summed E-state index contributed by atoms with van der Waals surface area (Å²) >= 11 is 0. The van der Waals surface area contributed by atoms with Crippen molar-refractivity contribution < 1.29 is 9.72 Å². The van der Waals surface area contributed by atoms with Crippen LogP contribution in [0.15, 0.2) is 6.20 Å². The Labute approximate surface area is 116 Å². The predicted molar refractivity (Wildman–Crippen MR) is 71.1 cm³/mol. The molecule has 108 valence electrons. The summed E-state index contributed by atoms with van der Waals surface area (Å²) in [5, 5.41) is 19.7. The van der Waals surface area contributed by atoms with Crippen LogP contribution in [0.3, 0.4) is 0 Å². The van der Waals surface area contributed by atoms with Gasteiger partial charge in [-0.1, -0.05) is 6.42 Å². The van der Waals surface area contributed by atoms with Crippen LogP contribution in [0.1, 0.15) is 43.1 Å². The van der Waals surface area contributed by atoms with Crippen LogP contribution in [-0.2, 0) is 0 Å². The second-order valence-corrected chi connectivity index (χ2v) is 5.99. The van der Waals surface area contributed by atoms with Gasteiger partial charge in [0.2, 0.25) is 5.69 Å². The molecule has 1 heterocycles. The number of nitro groups is 1. The van der Waals surface area contributed by atoms with E-state index < -0.39 is 10.8 Å². The van der Waals surface area contributed by atoms with Gasteiger partial charge in [-0.25, -0.2) is 0 Å². The first-order valence-corrected chi connectivity index (χ1v) is 7.05. The summed E-state index contributed by atoms with van der Waals surface area (Å²) in [6.45, 7) is 1.99. The molecule has 2 saturated carbocycles. The monoisotopic (exact) mass is 278 g/mol. The van der Waals surface area contributed by atoms with E-state index in [1.54, 1.807) is 0 Å². The minimum atomic E-state index is -0.597. The molecule has 4 atom stereocenters. The predicted octanol–water partition coefficient (Wildman–Crippen LogP) is 1.87. The van der Waals surface area contributed by atoms with Gasteiger partial charge in [0, 0.05) is 6.04 Å². The maximum atomic E-state index is 12.1. The van der Waals surface area contributed by atoms with E-state index in [2.05, 4.69) is 15.5 Å².